The monoisotopic (exact) mass is 372 g/mol. The minimum absolute atomic E-state index is 0.0557. The summed E-state index contributed by atoms with van der Waals surface area (Å²) in [6.45, 7) is 0.687. The molecule has 1 heterocycles. The lowest BCUT2D eigenvalue weighted by atomic mass is 9.93. The van der Waals surface area contributed by atoms with Gasteiger partial charge in [0.2, 0.25) is 0 Å². The summed E-state index contributed by atoms with van der Waals surface area (Å²) < 4.78 is 11.0. The SMILES string of the molecule is COc1ccc(OC)c(CN2C=N[C@@H](c3ccccc3)[C@H]2c2ccccc2)c1. The van der Waals surface area contributed by atoms with Gasteiger partial charge in [-0.3, -0.25) is 4.99 Å². The smallest absolute Gasteiger partial charge is 0.124 e. The van der Waals surface area contributed by atoms with Crippen molar-refractivity contribution < 1.29 is 9.47 Å². The summed E-state index contributed by atoms with van der Waals surface area (Å²) in [6.07, 6.45) is 1.97. The molecule has 0 radical (unpaired) electrons. The largest absolute Gasteiger partial charge is 0.497 e. The molecule has 0 N–H and O–H groups in total. The second-order valence-corrected chi connectivity index (χ2v) is 6.83. The molecule has 1 aliphatic heterocycles. The Morgan fingerprint density at radius 2 is 1.50 bits per heavy atom. The van der Waals surface area contributed by atoms with Crippen LogP contribution in [-0.4, -0.2) is 25.5 Å². The summed E-state index contributed by atoms with van der Waals surface area (Å²) in [5, 5.41) is 0. The first-order valence-electron chi connectivity index (χ1n) is 9.40. The van der Waals surface area contributed by atoms with Gasteiger partial charge in [0.1, 0.15) is 17.5 Å². The average molecular weight is 372 g/mol. The van der Waals surface area contributed by atoms with E-state index in [1.165, 1.54) is 11.1 Å². The molecule has 0 saturated heterocycles. The fourth-order valence-corrected chi connectivity index (χ4v) is 3.78. The quantitative estimate of drug-likeness (QED) is 0.608. The summed E-state index contributed by atoms with van der Waals surface area (Å²) in [7, 11) is 3.38. The van der Waals surface area contributed by atoms with E-state index in [4.69, 9.17) is 14.5 Å². The van der Waals surface area contributed by atoms with Crippen LogP contribution in [-0.2, 0) is 6.54 Å². The number of benzene rings is 3. The van der Waals surface area contributed by atoms with Gasteiger partial charge in [-0.25, -0.2) is 0 Å². The molecule has 0 saturated carbocycles. The predicted octanol–water partition coefficient (Wildman–Crippen LogP) is 5.03. The third kappa shape index (κ3) is 3.58. The molecule has 0 spiro atoms. The van der Waals surface area contributed by atoms with Crippen molar-refractivity contribution >= 4 is 6.34 Å². The van der Waals surface area contributed by atoms with E-state index in [-0.39, 0.29) is 12.1 Å². The molecule has 0 fully saturated rings. The van der Waals surface area contributed by atoms with E-state index in [1.807, 2.05) is 36.7 Å². The van der Waals surface area contributed by atoms with Crippen LogP contribution in [0.4, 0.5) is 0 Å². The third-order valence-corrected chi connectivity index (χ3v) is 5.15. The van der Waals surface area contributed by atoms with Gasteiger partial charge in [0.15, 0.2) is 0 Å². The zero-order chi connectivity index (χ0) is 19.3. The maximum absolute atomic E-state index is 5.58. The lowest BCUT2D eigenvalue weighted by molar-refractivity contribution is 0.303. The second kappa shape index (κ2) is 8.17. The Labute approximate surface area is 166 Å². The molecule has 3 aromatic rings. The summed E-state index contributed by atoms with van der Waals surface area (Å²) in [5.74, 6) is 1.67. The maximum atomic E-state index is 5.58. The van der Waals surface area contributed by atoms with E-state index in [0.29, 0.717) is 6.54 Å². The second-order valence-electron chi connectivity index (χ2n) is 6.83. The molecule has 4 heteroatoms. The number of aliphatic imine (C=N–C) groups is 1. The highest BCUT2D eigenvalue weighted by atomic mass is 16.5. The first-order valence-corrected chi connectivity index (χ1v) is 9.40. The van der Waals surface area contributed by atoms with Crippen LogP contribution in [0, 0.1) is 0 Å². The molecule has 4 nitrogen and oxygen atoms in total. The highest BCUT2D eigenvalue weighted by Gasteiger charge is 2.33. The van der Waals surface area contributed by atoms with Gasteiger partial charge in [-0.05, 0) is 29.3 Å². The highest BCUT2D eigenvalue weighted by molar-refractivity contribution is 5.61. The van der Waals surface area contributed by atoms with E-state index in [9.17, 15) is 0 Å². The molecule has 142 valence electrons. The van der Waals surface area contributed by atoms with E-state index >= 15 is 0 Å². The van der Waals surface area contributed by atoms with E-state index in [0.717, 1.165) is 17.1 Å². The van der Waals surface area contributed by atoms with Gasteiger partial charge < -0.3 is 14.4 Å². The van der Waals surface area contributed by atoms with Crippen LogP contribution in [0.15, 0.2) is 83.9 Å². The Hall–Kier alpha value is -3.27. The summed E-state index contributed by atoms with van der Waals surface area (Å²) in [6, 6.07) is 27.1. The Bertz CT molecular complexity index is 941. The van der Waals surface area contributed by atoms with Crippen LogP contribution in [0.2, 0.25) is 0 Å². The van der Waals surface area contributed by atoms with Gasteiger partial charge in [-0.15, -0.1) is 0 Å². The van der Waals surface area contributed by atoms with Crippen molar-refractivity contribution in [3.05, 3.63) is 95.6 Å². The lowest BCUT2D eigenvalue weighted by Gasteiger charge is -2.29. The molecular formula is C24H24N2O2. The zero-order valence-electron chi connectivity index (χ0n) is 16.2. The Morgan fingerprint density at radius 1 is 0.821 bits per heavy atom. The van der Waals surface area contributed by atoms with Gasteiger partial charge in [0, 0.05) is 12.1 Å². The summed E-state index contributed by atoms with van der Waals surface area (Å²) >= 11 is 0. The van der Waals surface area contributed by atoms with Crippen LogP contribution >= 0.6 is 0 Å². The Morgan fingerprint density at radius 3 is 2.14 bits per heavy atom. The van der Waals surface area contributed by atoms with E-state index in [1.54, 1.807) is 14.2 Å². The summed E-state index contributed by atoms with van der Waals surface area (Å²) in [5.41, 5.74) is 3.53. The van der Waals surface area contributed by atoms with Gasteiger partial charge in [0.05, 0.1) is 26.6 Å². The van der Waals surface area contributed by atoms with E-state index < -0.39 is 0 Å². The fraction of sp³-hybridized carbons (Fsp3) is 0.208. The van der Waals surface area contributed by atoms with Gasteiger partial charge in [-0.1, -0.05) is 60.7 Å². The minimum Gasteiger partial charge on any atom is -0.497 e. The van der Waals surface area contributed by atoms with Gasteiger partial charge in [0.25, 0.3) is 0 Å². The molecule has 1 aliphatic rings. The number of rotatable bonds is 6. The Balaban J connectivity index is 1.69. The lowest BCUT2D eigenvalue weighted by Crippen LogP contribution is -2.25. The minimum atomic E-state index is 0.0557. The molecule has 0 unspecified atom stereocenters. The first-order chi connectivity index (χ1) is 13.8. The number of hydrogen-bond donors (Lipinski definition) is 0. The van der Waals surface area contributed by atoms with Crippen molar-refractivity contribution in [3.63, 3.8) is 0 Å². The Kier molecular flexibility index (Phi) is 5.29. The van der Waals surface area contributed by atoms with Gasteiger partial charge >= 0.3 is 0 Å². The van der Waals surface area contributed by atoms with Gasteiger partial charge in [-0.2, -0.15) is 0 Å². The number of ether oxygens (including phenoxy) is 2. The molecule has 4 rings (SSSR count). The normalized spacial score (nSPS) is 18.3. The number of nitrogens with zero attached hydrogens (tertiary/aromatic N) is 2. The zero-order valence-corrected chi connectivity index (χ0v) is 16.2. The molecular weight excluding hydrogens is 348 g/mol. The third-order valence-electron chi connectivity index (χ3n) is 5.15. The van der Waals surface area contributed by atoms with Crippen LogP contribution < -0.4 is 9.47 Å². The molecule has 0 bridgehead atoms. The van der Waals surface area contributed by atoms with Crippen molar-refractivity contribution in [1.29, 1.82) is 0 Å². The molecule has 28 heavy (non-hydrogen) atoms. The molecule has 0 amide bonds. The topological polar surface area (TPSA) is 34.1 Å². The molecule has 3 aromatic carbocycles. The standard InChI is InChI=1S/C24H24N2O2/c1-27-21-13-14-22(28-2)20(15-21)16-26-17-25-23(18-9-5-3-6-10-18)24(26)19-11-7-4-8-12-19/h3-15,17,23-24H,16H2,1-2H3/t23-,24+/m0/s1. The van der Waals surface area contributed by atoms with E-state index in [2.05, 4.69) is 53.4 Å². The number of hydrogen-bond acceptors (Lipinski definition) is 4. The average Bonchev–Trinajstić information content (AvgIpc) is 3.18. The molecule has 2 atom stereocenters. The first kappa shape index (κ1) is 18.1. The van der Waals surface area contributed by atoms with Crippen molar-refractivity contribution in [1.82, 2.24) is 4.90 Å². The van der Waals surface area contributed by atoms with Crippen molar-refractivity contribution in [2.24, 2.45) is 4.99 Å². The molecule has 0 aliphatic carbocycles. The van der Waals surface area contributed by atoms with Crippen LogP contribution in [0.1, 0.15) is 28.8 Å². The van der Waals surface area contributed by atoms with Crippen LogP contribution in [0.5, 0.6) is 11.5 Å². The predicted molar refractivity (Wildman–Crippen MR) is 112 cm³/mol. The maximum Gasteiger partial charge on any atom is 0.124 e. The van der Waals surface area contributed by atoms with Crippen molar-refractivity contribution in [2.45, 2.75) is 18.6 Å². The molecule has 0 aromatic heterocycles. The summed E-state index contributed by atoms with van der Waals surface area (Å²) in [4.78, 5) is 7.15. The fourth-order valence-electron chi connectivity index (χ4n) is 3.78. The van der Waals surface area contributed by atoms with Crippen molar-refractivity contribution in [3.8, 4) is 11.5 Å². The van der Waals surface area contributed by atoms with Crippen LogP contribution in [0.25, 0.3) is 0 Å². The van der Waals surface area contributed by atoms with Crippen molar-refractivity contribution in [2.75, 3.05) is 14.2 Å². The van der Waals surface area contributed by atoms with Crippen LogP contribution in [0.3, 0.4) is 0 Å². The number of methoxy groups -OCH3 is 2. The highest BCUT2D eigenvalue weighted by Crippen LogP contribution is 2.41.